The second-order valence-electron chi connectivity index (χ2n) is 4.59. The van der Waals surface area contributed by atoms with Crippen LogP contribution in [0.5, 0.6) is 5.75 Å². The molecule has 1 N–H and O–H groups in total. The molecule has 1 aromatic rings. The number of sulfonamides is 1. The summed E-state index contributed by atoms with van der Waals surface area (Å²) >= 11 is 0. The van der Waals surface area contributed by atoms with Crippen molar-refractivity contribution in [3.8, 4) is 11.8 Å². The molecule has 0 aliphatic heterocycles. The van der Waals surface area contributed by atoms with E-state index in [2.05, 4.69) is 4.72 Å². The maximum absolute atomic E-state index is 13.3. The Morgan fingerprint density at radius 3 is 2.62 bits per heavy atom. The number of nitriles is 1. The molecule has 8 heteroatoms. The topological polar surface area (TPSA) is 88.4 Å². The van der Waals surface area contributed by atoms with E-state index in [9.17, 15) is 12.8 Å². The Kier molecular flexibility index (Phi) is 5.66. The van der Waals surface area contributed by atoms with E-state index in [-0.39, 0.29) is 23.7 Å². The first kappa shape index (κ1) is 17.4. The number of nitrogens with zero attached hydrogens (tertiary/aromatic N) is 1. The molecular weight excluding hydrogens is 299 g/mol. The Hall–Kier alpha value is -1.69. The highest BCUT2D eigenvalue weighted by Gasteiger charge is 2.31. The van der Waals surface area contributed by atoms with Crippen LogP contribution >= 0.6 is 0 Å². The number of hydrogen-bond donors (Lipinski definition) is 1. The van der Waals surface area contributed by atoms with Gasteiger partial charge in [-0.05, 0) is 19.1 Å². The van der Waals surface area contributed by atoms with Gasteiger partial charge in [-0.15, -0.1) is 0 Å². The van der Waals surface area contributed by atoms with E-state index < -0.39 is 21.4 Å². The minimum absolute atomic E-state index is 0.178. The van der Waals surface area contributed by atoms with Gasteiger partial charge < -0.3 is 9.47 Å². The van der Waals surface area contributed by atoms with Crippen LogP contribution in [0, 0.1) is 17.1 Å². The van der Waals surface area contributed by atoms with Gasteiger partial charge in [0.25, 0.3) is 0 Å². The molecule has 0 bridgehead atoms. The van der Waals surface area contributed by atoms with Gasteiger partial charge in [-0.2, -0.15) is 9.98 Å². The van der Waals surface area contributed by atoms with Crippen molar-refractivity contribution in [3.63, 3.8) is 0 Å². The number of nitrogens with one attached hydrogen (secondary N) is 1. The molecular formula is C13H17FN2O4S. The summed E-state index contributed by atoms with van der Waals surface area (Å²) in [5.74, 6) is -0.854. The monoisotopic (exact) mass is 316 g/mol. The molecule has 1 atom stereocenters. The summed E-state index contributed by atoms with van der Waals surface area (Å²) in [6, 6.07) is 5.06. The lowest BCUT2D eigenvalue weighted by Gasteiger charge is -2.22. The molecule has 1 aromatic carbocycles. The van der Waals surface area contributed by atoms with Crippen molar-refractivity contribution in [2.45, 2.75) is 23.8 Å². The van der Waals surface area contributed by atoms with E-state index >= 15 is 0 Å². The fourth-order valence-electron chi connectivity index (χ4n) is 1.60. The average molecular weight is 316 g/mol. The summed E-state index contributed by atoms with van der Waals surface area (Å²) in [4.78, 5) is -0.181. The zero-order valence-electron chi connectivity index (χ0n) is 12.0. The fraction of sp³-hybridized carbons (Fsp3) is 0.462. The highest BCUT2D eigenvalue weighted by molar-refractivity contribution is 7.89. The zero-order valence-corrected chi connectivity index (χ0v) is 12.8. The molecule has 0 radical (unpaired) electrons. The van der Waals surface area contributed by atoms with E-state index in [4.69, 9.17) is 14.7 Å². The molecule has 0 aliphatic carbocycles. The second kappa shape index (κ2) is 6.85. The molecule has 0 fully saturated rings. The summed E-state index contributed by atoms with van der Waals surface area (Å²) < 4.78 is 49.8. The van der Waals surface area contributed by atoms with Gasteiger partial charge in [-0.25, -0.2) is 12.8 Å². The molecule has 0 aromatic heterocycles. The lowest BCUT2D eigenvalue weighted by atomic mass is 10.0. The third-order valence-electron chi connectivity index (χ3n) is 2.85. The van der Waals surface area contributed by atoms with Crippen molar-refractivity contribution in [2.75, 3.05) is 20.8 Å². The normalized spacial score (nSPS) is 14.2. The van der Waals surface area contributed by atoms with Gasteiger partial charge in [-0.3, -0.25) is 0 Å². The van der Waals surface area contributed by atoms with Crippen molar-refractivity contribution in [3.05, 3.63) is 24.0 Å². The number of methoxy groups -OCH3 is 2. The number of benzene rings is 1. The summed E-state index contributed by atoms with van der Waals surface area (Å²) in [5, 5.41) is 9.15. The Balaban J connectivity index is 3.08. The van der Waals surface area contributed by atoms with Crippen molar-refractivity contribution in [1.29, 1.82) is 5.26 Å². The van der Waals surface area contributed by atoms with Gasteiger partial charge in [0.2, 0.25) is 10.0 Å². The van der Waals surface area contributed by atoms with Crippen molar-refractivity contribution < 1.29 is 22.3 Å². The minimum Gasteiger partial charge on any atom is -0.494 e. The van der Waals surface area contributed by atoms with Crippen LogP contribution in [0.4, 0.5) is 4.39 Å². The lowest BCUT2D eigenvalue weighted by molar-refractivity contribution is 0.179. The van der Waals surface area contributed by atoms with E-state index in [0.29, 0.717) is 0 Å². The molecule has 0 aliphatic rings. The molecule has 21 heavy (non-hydrogen) atoms. The van der Waals surface area contributed by atoms with Crippen LogP contribution in [0.2, 0.25) is 0 Å². The molecule has 0 amide bonds. The molecule has 0 saturated heterocycles. The van der Waals surface area contributed by atoms with Gasteiger partial charge in [0.15, 0.2) is 11.6 Å². The number of rotatable bonds is 7. The lowest BCUT2D eigenvalue weighted by Crippen LogP contribution is -2.45. The number of hydrogen-bond acceptors (Lipinski definition) is 5. The van der Waals surface area contributed by atoms with Gasteiger partial charge in [0.1, 0.15) is 5.54 Å². The van der Waals surface area contributed by atoms with E-state index in [0.717, 1.165) is 18.2 Å². The van der Waals surface area contributed by atoms with Crippen LogP contribution in [0.25, 0.3) is 0 Å². The Morgan fingerprint density at radius 2 is 2.10 bits per heavy atom. The molecule has 0 heterocycles. The maximum Gasteiger partial charge on any atom is 0.242 e. The van der Waals surface area contributed by atoms with Gasteiger partial charge in [-0.1, -0.05) is 0 Å². The SMILES string of the molecule is COCC[C@@](C)(C#N)NS(=O)(=O)c1ccc(F)c(OC)c1. The molecule has 116 valence electrons. The summed E-state index contributed by atoms with van der Waals surface area (Å²) in [7, 11) is -1.29. The van der Waals surface area contributed by atoms with Gasteiger partial charge in [0.05, 0.1) is 18.1 Å². The number of ether oxygens (including phenoxy) is 2. The zero-order chi connectivity index (χ0) is 16.1. The van der Waals surface area contributed by atoms with E-state index in [1.54, 1.807) is 0 Å². The summed E-state index contributed by atoms with van der Waals surface area (Å²) in [6.45, 7) is 1.67. The highest BCUT2D eigenvalue weighted by Crippen LogP contribution is 2.23. The van der Waals surface area contributed by atoms with Crippen molar-refractivity contribution in [1.82, 2.24) is 4.72 Å². The van der Waals surface area contributed by atoms with Crippen LogP contribution in [-0.2, 0) is 14.8 Å². The average Bonchev–Trinajstić information content (AvgIpc) is 2.45. The number of halogens is 1. The van der Waals surface area contributed by atoms with Crippen LogP contribution in [-0.4, -0.2) is 34.8 Å². The first-order valence-electron chi connectivity index (χ1n) is 6.06. The Bertz CT molecular complexity index is 642. The molecule has 6 nitrogen and oxygen atoms in total. The molecule has 0 unspecified atom stereocenters. The third kappa shape index (κ3) is 4.39. The van der Waals surface area contributed by atoms with Gasteiger partial charge in [0, 0.05) is 26.2 Å². The maximum atomic E-state index is 13.3. The molecule has 1 rings (SSSR count). The quantitative estimate of drug-likeness (QED) is 0.822. The van der Waals surface area contributed by atoms with Crippen LogP contribution in [0.1, 0.15) is 13.3 Å². The van der Waals surface area contributed by atoms with Gasteiger partial charge >= 0.3 is 0 Å². The molecule has 0 saturated carbocycles. The van der Waals surface area contributed by atoms with Crippen molar-refractivity contribution >= 4 is 10.0 Å². The summed E-state index contributed by atoms with van der Waals surface area (Å²) in [6.07, 6.45) is 0.178. The van der Waals surface area contributed by atoms with E-state index in [1.807, 2.05) is 6.07 Å². The predicted octanol–water partition coefficient (Wildman–Crippen LogP) is 1.43. The van der Waals surface area contributed by atoms with Crippen LogP contribution in [0.15, 0.2) is 23.1 Å². The highest BCUT2D eigenvalue weighted by atomic mass is 32.2. The largest absolute Gasteiger partial charge is 0.494 e. The Labute approximate surface area is 123 Å². The predicted molar refractivity (Wildman–Crippen MR) is 73.8 cm³/mol. The second-order valence-corrected chi connectivity index (χ2v) is 6.27. The fourth-order valence-corrected chi connectivity index (χ4v) is 2.97. The minimum atomic E-state index is -3.98. The van der Waals surface area contributed by atoms with Crippen molar-refractivity contribution in [2.24, 2.45) is 0 Å². The van der Waals surface area contributed by atoms with Crippen LogP contribution < -0.4 is 9.46 Å². The standard InChI is InChI=1S/C13H17FN2O4S/c1-13(9-15,6-7-19-2)16-21(17,18)10-4-5-11(14)12(8-10)20-3/h4-5,8,16H,6-7H2,1-3H3/t13-/m0/s1. The van der Waals surface area contributed by atoms with E-state index in [1.165, 1.54) is 21.1 Å². The first-order valence-corrected chi connectivity index (χ1v) is 7.54. The smallest absolute Gasteiger partial charge is 0.242 e. The van der Waals surface area contributed by atoms with Crippen LogP contribution in [0.3, 0.4) is 0 Å². The third-order valence-corrected chi connectivity index (χ3v) is 4.44. The Morgan fingerprint density at radius 1 is 1.43 bits per heavy atom. The summed E-state index contributed by atoms with van der Waals surface area (Å²) in [5.41, 5.74) is -1.32. The molecule has 0 spiro atoms. The first-order chi connectivity index (χ1) is 9.78.